The average molecular weight is 335 g/mol. The molecule has 1 fully saturated rings. The third-order valence-corrected chi connectivity index (χ3v) is 6.10. The zero-order valence-corrected chi connectivity index (χ0v) is 14.0. The van der Waals surface area contributed by atoms with Crippen LogP contribution in [0.15, 0.2) is 24.3 Å². The molecule has 0 spiro atoms. The third kappa shape index (κ3) is 3.55. The highest BCUT2D eigenvalue weighted by Crippen LogP contribution is 2.18. The highest BCUT2D eigenvalue weighted by atomic mass is 32.2. The third-order valence-electron chi connectivity index (χ3n) is 4.27. The van der Waals surface area contributed by atoms with Crippen molar-refractivity contribution in [1.29, 1.82) is 0 Å². The van der Waals surface area contributed by atoms with Gasteiger partial charge in [0.05, 0.1) is 22.5 Å². The lowest BCUT2D eigenvalue weighted by Crippen LogP contribution is -2.32. The Hall–Kier alpha value is -1.89. The standard InChI is InChI=1S/C16H21N3O3S/c1-2-15-18-13-5-3-4-6-14(13)19(15)10-16(20)17-9-12-7-8-23(21,22)11-12/h3-6,12H,2,7-11H2,1H3,(H,17,20)/t12-/m1/s1. The summed E-state index contributed by atoms with van der Waals surface area (Å²) in [5.74, 6) is 1.23. The number of carbonyl (C=O) groups excluding carboxylic acids is 1. The summed E-state index contributed by atoms with van der Waals surface area (Å²) >= 11 is 0. The number of nitrogens with one attached hydrogen (secondary N) is 1. The van der Waals surface area contributed by atoms with E-state index in [1.807, 2.05) is 35.8 Å². The second-order valence-electron chi connectivity index (χ2n) is 6.03. The number of hydrogen-bond acceptors (Lipinski definition) is 4. The number of para-hydroxylation sites is 2. The minimum absolute atomic E-state index is 0.0362. The first-order valence-corrected chi connectivity index (χ1v) is 9.72. The largest absolute Gasteiger partial charge is 0.354 e. The summed E-state index contributed by atoms with van der Waals surface area (Å²) in [4.78, 5) is 16.8. The van der Waals surface area contributed by atoms with Gasteiger partial charge in [-0.3, -0.25) is 4.79 Å². The number of aryl methyl sites for hydroxylation is 1. The van der Waals surface area contributed by atoms with Crippen molar-refractivity contribution in [3.63, 3.8) is 0 Å². The summed E-state index contributed by atoms with van der Waals surface area (Å²) in [5.41, 5.74) is 1.84. The van der Waals surface area contributed by atoms with Gasteiger partial charge in [0.1, 0.15) is 12.4 Å². The van der Waals surface area contributed by atoms with E-state index < -0.39 is 9.84 Å². The molecule has 0 aliphatic carbocycles. The molecule has 1 atom stereocenters. The molecule has 2 aromatic rings. The van der Waals surface area contributed by atoms with Crippen LogP contribution in [0.3, 0.4) is 0 Å². The van der Waals surface area contributed by atoms with Gasteiger partial charge >= 0.3 is 0 Å². The highest BCUT2D eigenvalue weighted by molar-refractivity contribution is 7.91. The van der Waals surface area contributed by atoms with Crippen molar-refractivity contribution in [2.75, 3.05) is 18.1 Å². The van der Waals surface area contributed by atoms with E-state index in [0.29, 0.717) is 13.0 Å². The Balaban J connectivity index is 1.66. The van der Waals surface area contributed by atoms with Crippen molar-refractivity contribution < 1.29 is 13.2 Å². The molecule has 3 rings (SSSR count). The number of amides is 1. The van der Waals surface area contributed by atoms with Crippen LogP contribution in [-0.4, -0.2) is 41.9 Å². The van der Waals surface area contributed by atoms with Crippen molar-refractivity contribution in [2.45, 2.75) is 26.3 Å². The number of carbonyl (C=O) groups is 1. The summed E-state index contributed by atoms with van der Waals surface area (Å²) in [6.07, 6.45) is 1.39. The van der Waals surface area contributed by atoms with Crippen LogP contribution in [0.1, 0.15) is 19.2 Å². The molecule has 1 amide bonds. The molecular formula is C16H21N3O3S. The van der Waals surface area contributed by atoms with Crippen molar-refractivity contribution >= 4 is 26.8 Å². The second kappa shape index (κ2) is 6.31. The molecule has 1 aliphatic rings. The molecular weight excluding hydrogens is 314 g/mol. The number of nitrogens with zero attached hydrogens (tertiary/aromatic N) is 2. The maximum Gasteiger partial charge on any atom is 0.240 e. The zero-order valence-electron chi connectivity index (χ0n) is 13.2. The van der Waals surface area contributed by atoms with Gasteiger partial charge in [-0.05, 0) is 24.5 Å². The van der Waals surface area contributed by atoms with Gasteiger partial charge in [-0.25, -0.2) is 13.4 Å². The Kier molecular flexibility index (Phi) is 4.39. The Bertz CT molecular complexity index is 826. The molecule has 6 nitrogen and oxygen atoms in total. The van der Waals surface area contributed by atoms with Crippen LogP contribution < -0.4 is 5.32 Å². The van der Waals surface area contributed by atoms with E-state index in [-0.39, 0.29) is 29.9 Å². The second-order valence-corrected chi connectivity index (χ2v) is 8.26. The average Bonchev–Trinajstić information content (AvgIpc) is 3.05. The smallest absolute Gasteiger partial charge is 0.240 e. The van der Waals surface area contributed by atoms with Gasteiger partial charge in [0.25, 0.3) is 0 Å². The van der Waals surface area contributed by atoms with Crippen molar-refractivity contribution in [2.24, 2.45) is 5.92 Å². The summed E-state index contributed by atoms with van der Waals surface area (Å²) in [6.45, 7) is 2.65. The molecule has 23 heavy (non-hydrogen) atoms. The summed E-state index contributed by atoms with van der Waals surface area (Å²) in [6, 6.07) is 7.76. The van der Waals surface area contributed by atoms with Gasteiger partial charge in [0.15, 0.2) is 9.84 Å². The Morgan fingerprint density at radius 2 is 2.17 bits per heavy atom. The van der Waals surface area contributed by atoms with Gasteiger partial charge in [-0.15, -0.1) is 0 Å². The van der Waals surface area contributed by atoms with Crippen LogP contribution >= 0.6 is 0 Å². The molecule has 1 aliphatic heterocycles. The SMILES string of the molecule is CCc1nc2ccccc2n1CC(=O)NC[C@H]1CCS(=O)(=O)C1. The van der Waals surface area contributed by atoms with Gasteiger partial charge in [-0.1, -0.05) is 19.1 Å². The zero-order chi connectivity index (χ0) is 16.4. The lowest BCUT2D eigenvalue weighted by Gasteiger charge is -2.12. The number of hydrogen-bond donors (Lipinski definition) is 1. The topological polar surface area (TPSA) is 81.1 Å². The number of fused-ring (bicyclic) bond motifs is 1. The molecule has 0 radical (unpaired) electrons. The quantitative estimate of drug-likeness (QED) is 0.889. The molecule has 1 saturated heterocycles. The molecule has 2 heterocycles. The van der Waals surface area contributed by atoms with E-state index in [4.69, 9.17) is 0 Å². The van der Waals surface area contributed by atoms with Crippen LogP contribution in [0.5, 0.6) is 0 Å². The first kappa shape index (κ1) is 16.0. The van der Waals surface area contributed by atoms with Crippen LogP contribution in [0.4, 0.5) is 0 Å². The van der Waals surface area contributed by atoms with E-state index >= 15 is 0 Å². The van der Waals surface area contributed by atoms with E-state index in [0.717, 1.165) is 23.3 Å². The van der Waals surface area contributed by atoms with Crippen LogP contribution in [0.2, 0.25) is 0 Å². The predicted octanol–water partition coefficient (Wildman–Crippen LogP) is 1.15. The molecule has 7 heteroatoms. The van der Waals surface area contributed by atoms with Crippen LogP contribution in [-0.2, 0) is 27.6 Å². The van der Waals surface area contributed by atoms with Crippen LogP contribution in [0.25, 0.3) is 11.0 Å². The molecule has 0 unspecified atom stereocenters. The van der Waals surface area contributed by atoms with Gasteiger partial charge in [0.2, 0.25) is 5.91 Å². The fraction of sp³-hybridized carbons (Fsp3) is 0.500. The van der Waals surface area contributed by atoms with Crippen molar-refractivity contribution in [1.82, 2.24) is 14.9 Å². The molecule has 1 aromatic heterocycles. The Morgan fingerprint density at radius 3 is 2.87 bits per heavy atom. The minimum Gasteiger partial charge on any atom is -0.354 e. The maximum atomic E-state index is 12.2. The summed E-state index contributed by atoms with van der Waals surface area (Å²) < 4.78 is 24.8. The van der Waals surface area contributed by atoms with Gasteiger partial charge < -0.3 is 9.88 Å². The fourth-order valence-electron chi connectivity index (χ4n) is 3.06. The maximum absolute atomic E-state index is 12.2. The molecule has 1 N–H and O–H groups in total. The normalized spacial score (nSPS) is 20.0. The highest BCUT2D eigenvalue weighted by Gasteiger charge is 2.28. The lowest BCUT2D eigenvalue weighted by molar-refractivity contribution is -0.121. The first-order valence-electron chi connectivity index (χ1n) is 7.90. The first-order chi connectivity index (χ1) is 11.0. The van der Waals surface area contributed by atoms with Crippen LogP contribution in [0, 0.1) is 5.92 Å². The lowest BCUT2D eigenvalue weighted by atomic mass is 10.1. The van der Waals surface area contributed by atoms with E-state index in [1.54, 1.807) is 0 Å². The van der Waals surface area contributed by atoms with Gasteiger partial charge in [-0.2, -0.15) is 0 Å². The summed E-state index contributed by atoms with van der Waals surface area (Å²) in [5, 5.41) is 2.86. The number of rotatable bonds is 5. The number of benzene rings is 1. The molecule has 0 bridgehead atoms. The fourth-order valence-corrected chi connectivity index (χ4v) is 4.92. The number of sulfone groups is 1. The number of aromatic nitrogens is 2. The molecule has 1 aromatic carbocycles. The summed E-state index contributed by atoms with van der Waals surface area (Å²) in [7, 11) is -2.90. The predicted molar refractivity (Wildman–Crippen MR) is 88.9 cm³/mol. The van der Waals surface area contributed by atoms with Crippen molar-refractivity contribution in [3.05, 3.63) is 30.1 Å². The van der Waals surface area contributed by atoms with E-state index in [2.05, 4.69) is 10.3 Å². The number of imidazole rings is 1. The van der Waals surface area contributed by atoms with E-state index in [9.17, 15) is 13.2 Å². The monoisotopic (exact) mass is 335 g/mol. The Labute approximate surface area is 135 Å². The Morgan fingerprint density at radius 1 is 1.39 bits per heavy atom. The van der Waals surface area contributed by atoms with Gasteiger partial charge in [0, 0.05) is 13.0 Å². The van der Waals surface area contributed by atoms with Crippen molar-refractivity contribution in [3.8, 4) is 0 Å². The minimum atomic E-state index is -2.90. The van der Waals surface area contributed by atoms with E-state index in [1.165, 1.54) is 0 Å². The molecule has 124 valence electrons. The molecule has 0 saturated carbocycles.